The number of carboxylic acids is 1. The van der Waals surface area contributed by atoms with Gasteiger partial charge in [-0.3, -0.25) is 0 Å². The van der Waals surface area contributed by atoms with Gasteiger partial charge in [-0.2, -0.15) is 0 Å². The number of hydrogen-bond donors (Lipinski definition) is 0. The summed E-state index contributed by atoms with van der Waals surface area (Å²) in [6.45, 7) is 0.972. The predicted octanol–water partition coefficient (Wildman–Crippen LogP) is -10.1. The first-order chi connectivity index (χ1) is 3.73. The minimum absolute atomic E-state index is 0. The molecule has 0 aliphatic heterocycles. The predicted molar refractivity (Wildman–Crippen MR) is 27.9 cm³/mol. The average molecular weight is 238 g/mol. The second-order valence-electron chi connectivity index (χ2n) is 0.992. The van der Waals surface area contributed by atoms with E-state index >= 15 is 0 Å². The van der Waals surface area contributed by atoms with Crippen molar-refractivity contribution in [1.82, 2.24) is 0 Å². The Morgan fingerprint density at radius 3 is 1.17 bits per heavy atom. The van der Waals surface area contributed by atoms with Crippen LogP contribution in [0.3, 0.4) is 0 Å². The monoisotopic (exact) mass is 238 g/mol. The van der Waals surface area contributed by atoms with Crippen LogP contribution in [0.15, 0.2) is 0 Å². The van der Waals surface area contributed by atoms with Crippen molar-refractivity contribution in [3.8, 4) is 0 Å². The van der Waals surface area contributed by atoms with E-state index in [1.807, 2.05) is 0 Å². The SMILES string of the molecule is CC(=O)[O-].[Ca+2].[Mg+2].[Na+].[O-][Si]([O-])([O-])[O-]. The summed E-state index contributed by atoms with van der Waals surface area (Å²) in [4.78, 5) is 43.2. The molecule has 0 rings (SSSR count). The molecule has 0 aliphatic rings. The third-order valence-electron chi connectivity index (χ3n) is 0. The first kappa shape index (κ1) is 29.3. The third kappa shape index (κ3) is 257. The fraction of sp³-hybridized carbons (Fsp3) is 0.500. The van der Waals surface area contributed by atoms with Gasteiger partial charge in [0.05, 0.1) is 0 Å². The van der Waals surface area contributed by atoms with Crippen LogP contribution in [0.25, 0.3) is 0 Å². The molecule has 0 spiro atoms. The zero-order chi connectivity index (χ0) is 8.08. The van der Waals surface area contributed by atoms with Crippen molar-refractivity contribution in [3.05, 3.63) is 0 Å². The van der Waals surface area contributed by atoms with E-state index in [0.717, 1.165) is 6.92 Å². The molecule has 0 bridgehead atoms. The maximum absolute atomic E-state index is 8.89. The maximum atomic E-state index is 8.89. The van der Waals surface area contributed by atoms with Gasteiger partial charge in [-0.1, -0.05) is 0 Å². The van der Waals surface area contributed by atoms with Gasteiger partial charge in [0, 0.05) is 5.97 Å². The zero-order valence-electron chi connectivity index (χ0n) is 6.86. The fourth-order valence-corrected chi connectivity index (χ4v) is 0. The molecule has 6 nitrogen and oxygen atoms in total. The first-order valence-corrected chi connectivity index (χ1v) is 3.36. The van der Waals surface area contributed by atoms with E-state index in [1.165, 1.54) is 0 Å². The van der Waals surface area contributed by atoms with Crippen LogP contribution in [0.2, 0.25) is 0 Å². The molecule has 0 N–H and O–H groups in total. The quantitative estimate of drug-likeness (QED) is 0.385. The molecule has 0 atom stereocenters. The molecule has 10 heteroatoms. The molecule has 0 aliphatic carbocycles. The summed E-state index contributed by atoms with van der Waals surface area (Å²) >= 11 is 0. The molecule has 0 saturated carbocycles. The fourth-order valence-electron chi connectivity index (χ4n) is 0. The number of hydrogen-bond acceptors (Lipinski definition) is 6. The van der Waals surface area contributed by atoms with Crippen molar-refractivity contribution in [2.45, 2.75) is 6.92 Å². The molecule has 0 radical (unpaired) electrons. The smallest absolute Gasteiger partial charge is 0.894 e. The minimum Gasteiger partial charge on any atom is -0.894 e. The molecule has 0 amide bonds. The molecular weight excluding hydrogens is 235 g/mol. The van der Waals surface area contributed by atoms with Crippen LogP contribution < -0.4 is 53.8 Å². The largest absolute Gasteiger partial charge is 2.00 e. The number of carbonyl (C=O) groups excluding carboxylic acids is 1. The van der Waals surface area contributed by atoms with E-state index in [4.69, 9.17) is 29.1 Å². The number of carboxylic acid groups (broad SMARTS) is 1. The Morgan fingerprint density at radius 2 is 1.17 bits per heavy atom. The van der Waals surface area contributed by atoms with Gasteiger partial charge in [0.25, 0.3) is 0 Å². The minimum atomic E-state index is -5.61. The first-order valence-electron chi connectivity index (χ1n) is 1.72. The molecule has 0 fully saturated rings. The van der Waals surface area contributed by atoms with Crippen molar-refractivity contribution < 1.29 is 58.6 Å². The number of carbonyl (C=O) groups is 1. The molecule has 0 aromatic carbocycles. The molecular formula is C2H3CaMgNaO6Si. The third-order valence-corrected chi connectivity index (χ3v) is 0. The summed E-state index contributed by atoms with van der Waals surface area (Å²) in [6, 6.07) is 0. The zero-order valence-corrected chi connectivity index (χ0v) is 13.5. The van der Waals surface area contributed by atoms with E-state index in [1.54, 1.807) is 0 Å². The van der Waals surface area contributed by atoms with Crippen LogP contribution in [-0.2, 0) is 4.79 Å². The Hall–Kier alpha value is 2.55. The number of rotatable bonds is 0. The van der Waals surface area contributed by atoms with E-state index in [-0.39, 0.29) is 90.3 Å². The van der Waals surface area contributed by atoms with Gasteiger partial charge >= 0.3 is 90.3 Å². The van der Waals surface area contributed by atoms with E-state index in [0.29, 0.717) is 0 Å². The molecule has 0 saturated heterocycles. The van der Waals surface area contributed by atoms with Crippen LogP contribution >= 0.6 is 0 Å². The van der Waals surface area contributed by atoms with Gasteiger partial charge in [-0.25, -0.2) is 0 Å². The van der Waals surface area contributed by atoms with Gasteiger partial charge in [-0.15, -0.1) is 0 Å². The summed E-state index contributed by atoms with van der Waals surface area (Å²) in [5.74, 6) is -1.08. The number of aliphatic carboxylic acids is 1. The summed E-state index contributed by atoms with van der Waals surface area (Å²) in [5, 5.41) is 8.89. The maximum Gasteiger partial charge on any atom is 2.00 e. The van der Waals surface area contributed by atoms with Crippen LogP contribution in [0.4, 0.5) is 0 Å². The molecule has 0 unspecified atom stereocenters. The summed E-state index contributed by atoms with van der Waals surface area (Å²) in [6.07, 6.45) is 0. The molecule has 0 heterocycles. The Morgan fingerprint density at radius 1 is 1.17 bits per heavy atom. The summed E-state index contributed by atoms with van der Waals surface area (Å²) < 4.78 is 0. The van der Waals surface area contributed by atoms with Gasteiger partial charge in [0.15, 0.2) is 0 Å². The average Bonchev–Trinajstić information content (AvgIpc) is 1.19. The van der Waals surface area contributed by atoms with Crippen molar-refractivity contribution in [2.24, 2.45) is 0 Å². The van der Waals surface area contributed by atoms with Crippen molar-refractivity contribution in [3.63, 3.8) is 0 Å². The van der Waals surface area contributed by atoms with Gasteiger partial charge in [0.2, 0.25) is 0 Å². The van der Waals surface area contributed by atoms with Crippen molar-refractivity contribution >= 4 is 75.8 Å². The summed E-state index contributed by atoms with van der Waals surface area (Å²) in [5.41, 5.74) is 0. The van der Waals surface area contributed by atoms with E-state index in [2.05, 4.69) is 0 Å². The van der Waals surface area contributed by atoms with E-state index < -0.39 is 15.0 Å². The molecule has 0 aromatic rings. The van der Waals surface area contributed by atoms with E-state index in [9.17, 15) is 0 Å². The Labute approximate surface area is 139 Å². The standard InChI is InChI=1S/C2H4O2.Ca.Mg.Na.O4Si/c1-2(3)4;;;;1-5(2,3)4/h1H3,(H,3,4);;;;/q;2*+2;+1;-4/p-1. The second-order valence-corrected chi connectivity index (χ2v) is 1.99. The summed E-state index contributed by atoms with van der Waals surface area (Å²) in [7, 11) is -5.61. The van der Waals surface area contributed by atoms with Crippen molar-refractivity contribution in [2.75, 3.05) is 0 Å². The normalized spacial score (nSPS) is 7.08. The molecule has 12 heavy (non-hydrogen) atoms. The molecule has 56 valence electrons. The van der Waals surface area contributed by atoms with Gasteiger partial charge < -0.3 is 38.1 Å². The molecule has 0 aromatic heterocycles. The van der Waals surface area contributed by atoms with Crippen LogP contribution in [0, 0.1) is 0 Å². The van der Waals surface area contributed by atoms with Crippen LogP contribution in [0.5, 0.6) is 0 Å². The Balaban J connectivity index is -0.0000000221. The Kier molecular flexibility index (Phi) is 39.1. The topological polar surface area (TPSA) is 132 Å². The van der Waals surface area contributed by atoms with Gasteiger partial charge in [-0.05, 0) is 6.92 Å². The van der Waals surface area contributed by atoms with Crippen LogP contribution in [0.1, 0.15) is 6.92 Å². The Bertz CT molecular complexity index is 88.0. The van der Waals surface area contributed by atoms with Gasteiger partial charge in [0.1, 0.15) is 0 Å². The second kappa shape index (κ2) is 16.0. The van der Waals surface area contributed by atoms with Crippen LogP contribution in [-0.4, -0.2) is 75.8 Å². The van der Waals surface area contributed by atoms with Crippen molar-refractivity contribution in [1.29, 1.82) is 0 Å².